The zero-order valence-corrected chi connectivity index (χ0v) is 11.0. The quantitative estimate of drug-likeness (QED) is 0.866. The summed E-state index contributed by atoms with van der Waals surface area (Å²) in [6.45, 7) is 3.42. The topological polar surface area (TPSA) is 53.7 Å². The van der Waals surface area contributed by atoms with Crippen molar-refractivity contribution in [3.8, 4) is 11.5 Å². The van der Waals surface area contributed by atoms with Gasteiger partial charge in [-0.05, 0) is 31.0 Å². The van der Waals surface area contributed by atoms with Gasteiger partial charge in [0.25, 0.3) is 0 Å². The lowest BCUT2D eigenvalue weighted by Gasteiger charge is -2.16. The Morgan fingerprint density at radius 2 is 2.28 bits per heavy atom. The van der Waals surface area contributed by atoms with Crippen LogP contribution in [0.4, 0.5) is 0 Å². The Bertz CT molecular complexity index is 387. The van der Waals surface area contributed by atoms with Crippen molar-refractivity contribution in [2.75, 3.05) is 20.3 Å². The summed E-state index contributed by atoms with van der Waals surface area (Å²) < 4.78 is 16.6. The second-order valence-electron chi connectivity index (χ2n) is 4.77. The van der Waals surface area contributed by atoms with Crippen LogP contribution in [-0.2, 0) is 11.2 Å². The third kappa shape index (κ3) is 3.37. The van der Waals surface area contributed by atoms with Crippen LogP contribution in [0.25, 0.3) is 0 Å². The molecule has 0 radical (unpaired) electrons. The van der Waals surface area contributed by atoms with Crippen molar-refractivity contribution in [2.24, 2.45) is 5.73 Å². The van der Waals surface area contributed by atoms with Crippen LogP contribution in [0.2, 0.25) is 0 Å². The van der Waals surface area contributed by atoms with Crippen molar-refractivity contribution in [3.05, 3.63) is 23.8 Å². The van der Waals surface area contributed by atoms with Gasteiger partial charge in [0.2, 0.25) is 0 Å². The first-order chi connectivity index (χ1) is 8.69. The monoisotopic (exact) mass is 251 g/mol. The first-order valence-corrected chi connectivity index (χ1v) is 6.36. The maximum absolute atomic E-state index is 5.93. The third-order valence-electron chi connectivity index (χ3n) is 2.97. The molecular weight excluding hydrogens is 230 g/mol. The Balaban J connectivity index is 2.13. The van der Waals surface area contributed by atoms with Crippen LogP contribution in [-0.4, -0.2) is 32.5 Å². The van der Waals surface area contributed by atoms with Gasteiger partial charge in [0.15, 0.2) is 11.5 Å². The van der Waals surface area contributed by atoms with Gasteiger partial charge in [0.1, 0.15) is 6.10 Å². The molecule has 1 aliphatic heterocycles. The largest absolute Gasteiger partial charge is 0.493 e. The summed E-state index contributed by atoms with van der Waals surface area (Å²) in [4.78, 5) is 0. The van der Waals surface area contributed by atoms with E-state index in [2.05, 4.69) is 0 Å². The molecule has 0 bridgehead atoms. The highest BCUT2D eigenvalue weighted by Crippen LogP contribution is 2.30. The zero-order chi connectivity index (χ0) is 13.0. The molecule has 2 rings (SSSR count). The van der Waals surface area contributed by atoms with Gasteiger partial charge < -0.3 is 19.9 Å². The van der Waals surface area contributed by atoms with E-state index in [0.29, 0.717) is 6.61 Å². The predicted octanol–water partition coefficient (Wildman–Crippen LogP) is 1.75. The van der Waals surface area contributed by atoms with E-state index >= 15 is 0 Å². The number of rotatable bonds is 5. The molecule has 0 spiro atoms. The molecule has 2 atom stereocenters. The van der Waals surface area contributed by atoms with Gasteiger partial charge in [0, 0.05) is 12.5 Å². The molecule has 1 aliphatic rings. The van der Waals surface area contributed by atoms with Gasteiger partial charge in [-0.1, -0.05) is 6.07 Å². The maximum atomic E-state index is 5.93. The molecule has 1 fully saturated rings. The van der Waals surface area contributed by atoms with E-state index in [4.69, 9.17) is 19.9 Å². The number of methoxy groups -OCH3 is 1. The number of hydrogen-bond donors (Lipinski definition) is 1. The molecule has 2 unspecified atom stereocenters. The van der Waals surface area contributed by atoms with Crippen molar-refractivity contribution in [1.29, 1.82) is 0 Å². The minimum Gasteiger partial charge on any atom is -0.493 e. The van der Waals surface area contributed by atoms with Crippen LogP contribution >= 0.6 is 0 Å². The van der Waals surface area contributed by atoms with Crippen molar-refractivity contribution in [2.45, 2.75) is 31.9 Å². The molecule has 1 saturated heterocycles. The molecule has 2 N–H and O–H groups in total. The van der Waals surface area contributed by atoms with Gasteiger partial charge in [-0.2, -0.15) is 0 Å². The van der Waals surface area contributed by atoms with E-state index in [0.717, 1.165) is 30.9 Å². The maximum Gasteiger partial charge on any atom is 0.161 e. The van der Waals surface area contributed by atoms with Gasteiger partial charge in [-0.25, -0.2) is 0 Å². The third-order valence-corrected chi connectivity index (χ3v) is 2.97. The predicted molar refractivity (Wildman–Crippen MR) is 70.2 cm³/mol. The Morgan fingerprint density at radius 3 is 2.89 bits per heavy atom. The fourth-order valence-electron chi connectivity index (χ4n) is 2.10. The molecule has 0 amide bonds. The van der Waals surface area contributed by atoms with E-state index in [1.165, 1.54) is 5.56 Å². The van der Waals surface area contributed by atoms with E-state index in [9.17, 15) is 0 Å². The fraction of sp³-hybridized carbons (Fsp3) is 0.571. The summed E-state index contributed by atoms with van der Waals surface area (Å²) in [5, 5.41) is 0. The summed E-state index contributed by atoms with van der Waals surface area (Å²) in [5.74, 6) is 1.54. The number of ether oxygens (including phenoxy) is 3. The first-order valence-electron chi connectivity index (χ1n) is 6.36. The molecule has 4 heteroatoms. The Labute approximate surface area is 108 Å². The average molecular weight is 251 g/mol. The normalized spacial score (nSPS) is 20.7. The van der Waals surface area contributed by atoms with Gasteiger partial charge in [-0.3, -0.25) is 0 Å². The highest BCUT2D eigenvalue weighted by atomic mass is 16.6. The zero-order valence-electron chi connectivity index (χ0n) is 11.0. The van der Waals surface area contributed by atoms with E-state index < -0.39 is 0 Å². The lowest BCUT2D eigenvalue weighted by Crippen LogP contribution is -2.18. The van der Waals surface area contributed by atoms with Gasteiger partial charge >= 0.3 is 0 Å². The summed E-state index contributed by atoms with van der Waals surface area (Å²) in [5.41, 5.74) is 6.98. The second kappa shape index (κ2) is 6.07. The van der Waals surface area contributed by atoms with E-state index in [1.54, 1.807) is 7.11 Å². The summed E-state index contributed by atoms with van der Waals surface area (Å²) in [7, 11) is 1.65. The number of nitrogens with two attached hydrogens (primary N) is 1. The summed E-state index contributed by atoms with van der Waals surface area (Å²) in [6, 6.07) is 6.12. The Morgan fingerprint density at radius 1 is 1.44 bits per heavy atom. The molecule has 1 aromatic carbocycles. The van der Waals surface area contributed by atoms with Crippen LogP contribution in [0.15, 0.2) is 18.2 Å². The first kappa shape index (κ1) is 13.2. The minimum atomic E-state index is 0.129. The molecule has 0 aromatic heterocycles. The molecule has 100 valence electrons. The van der Waals surface area contributed by atoms with Crippen molar-refractivity contribution in [3.63, 3.8) is 0 Å². The van der Waals surface area contributed by atoms with Crippen molar-refractivity contribution in [1.82, 2.24) is 0 Å². The molecule has 4 nitrogen and oxygen atoms in total. The summed E-state index contributed by atoms with van der Waals surface area (Å²) in [6.07, 6.45) is 1.90. The summed E-state index contributed by atoms with van der Waals surface area (Å²) >= 11 is 0. The van der Waals surface area contributed by atoms with Crippen LogP contribution in [0.1, 0.15) is 18.9 Å². The Hall–Kier alpha value is -1.26. The SMILES string of the molecule is COc1ccc(CC(C)N)cc1OC1CCOC1. The number of benzene rings is 1. The molecular formula is C14H21NO3. The van der Waals surface area contributed by atoms with Gasteiger partial charge in [0.05, 0.1) is 20.3 Å². The van der Waals surface area contributed by atoms with Crippen LogP contribution in [0.5, 0.6) is 11.5 Å². The smallest absolute Gasteiger partial charge is 0.161 e. The number of hydrogen-bond acceptors (Lipinski definition) is 4. The lowest BCUT2D eigenvalue weighted by molar-refractivity contribution is 0.138. The molecule has 1 aromatic rings. The minimum absolute atomic E-state index is 0.129. The molecule has 0 saturated carbocycles. The van der Waals surface area contributed by atoms with Crippen LogP contribution in [0.3, 0.4) is 0 Å². The van der Waals surface area contributed by atoms with Crippen molar-refractivity contribution < 1.29 is 14.2 Å². The molecule has 1 heterocycles. The molecule has 0 aliphatic carbocycles. The van der Waals surface area contributed by atoms with E-state index in [1.807, 2.05) is 25.1 Å². The lowest BCUT2D eigenvalue weighted by atomic mass is 10.1. The fourth-order valence-corrected chi connectivity index (χ4v) is 2.10. The van der Waals surface area contributed by atoms with E-state index in [-0.39, 0.29) is 12.1 Å². The van der Waals surface area contributed by atoms with Gasteiger partial charge in [-0.15, -0.1) is 0 Å². The standard InChI is InChI=1S/C14H21NO3/c1-10(15)7-11-3-4-13(16-2)14(8-11)18-12-5-6-17-9-12/h3-4,8,10,12H,5-7,9,15H2,1-2H3. The van der Waals surface area contributed by atoms with Crippen molar-refractivity contribution >= 4 is 0 Å². The second-order valence-corrected chi connectivity index (χ2v) is 4.77. The highest BCUT2D eigenvalue weighted by molar-refractivity contribution is 5.43. The molecule has 18 heavy (non-hydrogen) atoms. The van der Waals surface area contributed by atoms with Crippen LogP contribution < -0.4 is 15.2 Å². The van der Waals surface area contributed by atoms with Crippen LogP contribution in [0, 0.1) is 0 Å². The average Bonchev–Trinajstić information content (AvgIpc) is 2.81. The Kier molecular flexibility index (Phi) is 4.44. The highest BCUT2D eigenvalue weighted by Gasteiger charge is 2.19.